The molecule has 1 aliphatic rings. The molecule has 4 aromatic rings. The molecule has 5 rings (SSSR count). The summed E-state index contributed by atoms with van der Waals surface area (Å²) in [6, 6.07) is 19.4. The number of aromatic nitrogens is 2. The fourth-order valence-corrected chi connectivity index (χ4v) is 4.94. The van der Waals surface area contributed by atoms with E-state index in [2.05, 4.69) is 20.0 Å². The van der Waals surface area contributed by atoms with Crippen LogP contribution in [0, 0.1) is 5.82 Å². The van der Waals surface area contributed by atoms with Crippen molar-refractivity contribution in [3.63, 3.8) is 0 Å². The van der Waals surface area contributed by atoms with Crippen LogP contribution in [0.2, 0.25) is 0 Å². The third-order valence-electron chi connectivity index (χ3n) is 5.90. The van der Waals surface area contributed by atoms with Gasteiger partial charge in [0.1, 0.15) is 5.82 Å². The molecule has 0 bridgehead atoms. The van der Waals surface area contributed by atoms with Crippen LogP contribution in [0.5, 0.6) is 0 Å². The SMILES string of the molecule is CN1C(=O)Cc2cnc(Nc3ccc(S(=O)(=O)NCc4ccc(F)cc4)cc3)nc2-c2ccccc21. The molecule has 2 N–H and O–H groups in total. The molecular formula is C26H22FN5O3S. The maximum Gasteiger partial charge on any atom is 0.240 e. The lowest BCUT2D eigenvalue weighted by atomic mass is 10.1. The molecule has 0 unspecified atom stereocenters. The number of carbonyl (C=O) groups is 1. The zero-order valence-electron chi connectivity index (χ0n) is 19.3. The first-order valence-electron chi connectivity index (χ1n) is 11.1. The Labute approximate surface area is 207 Å². The van der Waals surface area contributed by atoms with Gasteiger partial charge in [-0.25, -0.2) is 27.5 Å². The molecule has 0 aliphatic carbocycles. The first-order chi connectivity index (χ1) is 17.3. The van der Waals surface area contributed by atoms with Crippen LogP contribution in [-0.4, -0.2) is 31.3 Å². The predicted molar refractivity (Wildman–Crippen MR) is 135 cm³/mol. The average Bonchev–Trinajstić information content (AvgIpc) is 2.99. The van der Waals surface area contributed by atoms with Crippen LogP contribution in [-0.2, 0) is 27.8 Å². The maximum atomic E-state index is 13.0. The molecule has 3 aromatic carbocycles. The quantitative estimate of drug-likeness (QED) is 0.412. The summed E-state index contributed by atoms with van der Waals surface area (Å²) in [7, 11) is -2.02. The number of fused-ring (bicyclic) bond motifs is 3. The van der Waals surface area contributed by atoms with Crippen LogP contribution in [0.4, 0.5) is 21.7 Å². The van der Waals surface area contributed by atoms with Crippen LogP contribution in [0.1, 0.15) is 11.1 Å². The number of hydrogen-bond donors (Lipinski definition) is 2. The summed E-state index contributed by atoms with van der Waals surface area (Å²) in [6.45, 7) is 0.0464. The van der Waals surface area contributed by atoms with E-state index in [1.807, 2.05) is 24.3 Å². The second-order valence-corrected chi connectivity index (χ2v) is 10.1. The summed E-state index contributed by atoms with van der Waals surface area (Å²) in [5, 5.41) is 3.10. The van der Waals surface area contributed by atoms with Gasteiger partial charge in [-0.3, -0.25) is 4.79 Å². The highest BCUT2D eigenvalue weighted by Crippen LogP contribution is 2.35. The minimum Gasteiger partial charge on any atom is -0.324 e. The average molecular weight is 504 g/mol. The summed E-state index contributed by atoms with van der Waals surface area (Å²) in [5.41, 5.74) is 4.25. The summed E-state index contributed by atoms with van der Waals surface area (Å²) in [4.78, 5) is 23.3. The maximum absolute atomic E-state index is 13.0. The summed E-state index contributed by atoms with van der Waals surface area (Å²) >= 11 is 0. The lowest BCUT2D eigenvalue weighted by molar-refractivity contribution is -0.117. The molecule has 1 amide bonds. The lowest BCUT2D eigenvalue weighted by Gasteiger charge is -2.16. The molecular weight excluding hydrogens is 481 g/mol. The van der Waals surface area contributed by atoms with Gasteiger partial charge in [-0.05, 0) is 48.0 Å². The van der Waals surface area contributed by atoms with Gasteiger partial charge >= 0.3 is 0 Å². The van der Waals surface area contributed by atoms with Gasteiger partial charge in [-0.2, -0.15) is 0 Å². The Hall–Kier alpha value is -4.15. The fourth-order valence-electron chi connectivity index (χ4n) is 3.92. The van der Waals surface area contributed by atoms with E-state index in [-0.39, 0.29) is 29.6 Å². The zero-order chi connectivity index (χ0) is 25.3. The van der Waals surface area contributed by atoms with E-state index < -0.39 is 10.0 Å². The van der Waals surface area contributed by atoms with Crippen LogP contribution >= 0.6 is 0 Å². The fraction of sp³-hybridized carbons (Fsp3) is 0.115. The van der Waals surface area contributed by atoms with E-state index in [1.54, 1.807) is 30.3 Å². The Balaban J connectivity index is 1.34. The van der Waals surface area contributed by atoms with Crippen LogP contribution in [0.3, 0.4) is 0 Å². The Bertz CT molecular complexity index is 1540. The van der Waals surface area contributed by atoms with Crippen molar-refractivity contribution in [2.45, 2.75) is 17.9 Å². The number of amides is 1. The normalized spacial score (nSPS) is 13.1. The van der Waals surface area contributed by atoms with E-state index in [1.165, 1.54) is 36.4 Å². The number of hydrogen-bond acceptors (Lipinski definition) is 6. The number of likely N-dealkylation sites (N-methyl/N-ethyl adjacent to an activating group) is 1. The van der Waals surface area contributed by atoms with Crippen molar-refractivity contribution in [1.29, 1.82) is 0 Å². The molecule has 0 spiro atoms. The molecule has 1 aliphatic heterocycles. The van der Waals surface area contributed by atoms with E-state index in [4.69, 9.17) is 0 Å². The van der Waals surface area contributed by atoms with E-state index in [0.717, 1.165) is 16.8 Å². The minimum atomic E-state index is -3.76. The van der Waals surface area contributed by atoms with Gasteiger partial charge in [0.15, 0.2) is 0 Å². The molecule has 0 saturated carbocycles. The molecule has 36 heavy (non-hydrogen) atoms. The molecule has 0 saturated heterocycles. The third kappa shape index (κ3) is 4.81. The number of nitrogens with zero attached hydrogens (tertiary/aromatic N) is 3. The van der Waals surface area contributed by atoms with Gasteiger partial charge in [0, 0.05) is 36.6 Å². The Kier molecular flexibility index (Phi) is 6.21. The Morgan fingerprint density at radius 1 is 1.00 bits per heavy atom. The molecule has 0 radical (unpaired) electrons. The molecule has 8 nitrogen and oxygen atoms in total. The first-order valence-corrected chi connectivity index (χ1v) is 12.6. The van der Waals surface area contributed by atoms with Crippen molar-refractivity contribution in [2.24, 2.45) is 0 Å². The largest absolute Gasteiger partial charge is 0.324 e. The number of para-hydroxylation sites is 1. The van der Waals surface area contributed by atoms with Gasteiger partial charge in [-0.15, -0.1) is 0 Å². The Morgan fingerprint density at radius 2 is 1.72 bits per heavy atom. The van der Waals surface area contributed by atoms with Crippen LogP contribution in [0.15, 0.2) is 83.9 Å². The molecule has 0 atom stereocenters. The van der Waals surface area contributed by atoms with Crippen molar-refractivity contribution in [1.82, 2.24) is 14.7 Å². The number of carbonyl (C=O) groups excluding carboxylic acids is 1. The van der Waals surface area contributed by atoms with Crippen LogP contribution in [0.25, 0.3) is 11.3 Å². The zero-order valence-corrected chi connectivity index (χ0v) is 20.1. The molecule has 10 heteroatoms. The Morgan fingerprint density at radius 3 is 2.47 bits per heavy atom. The highest BCUT2D eigenvalue weighted by Gasteiger charge is 2.24. The van der Waals surface area contributed by atoms with Gasteiger partial charge in [0.2, 0.25) is 21.9 Å². The molecule has 1 aromatic heterocycles. The minimum absolute atomic E-state index is 0.0460. The highest BCUT2D eigenvalue weighted by atomic mass is 32.2. The number of rotatable bonds is 6. The smallest absolute Gasteiger partial charge is 0.240 e. The number of halogens is 1. The standard InChI is InChI=1S/C26H22FN5O3S/c1-32-23-5-3-2-4-22(23)25-18(14-24(32)33)16-28-26(31-25)30-20-10-12-21(13-11-20)36(34,35)29-15-17-6-8-19(27)9-7-17/h2-13,16,29H,14-15H2,1H3,(H,28,30,31). The van der Waals surface area contributed by atoms with Crippen molar-refractivity contribution >= 4 is 33.3 Å². The van der Waals surface area contributed by atoms with Crippen molar-refractivity contribution < 1.29 is 17.6 Å². The first kappa shape index (κ1) is 23.6. The van der Waals surface area contributed by atoms with Gasteiger partial charge in [0.25, 0.3) is 0 Å². The van der Waals surface area contributed by atoms with Crippen molar-refractivity contribution in [3.8, 4) is 11.3 Å². The summed E-state index contributed by atoms with van der Waals surface area (Å²) in [6.07, 6.45) is 1.83. The summed E-state index contributed by atoms with van der Waals surface area (Å²) in [5.74, 6) is -0.103. The number of sulfonamides is 1. The third-order valence-corrected chi connectivity index (χ3v) is 7.32. The monoisotopic (exact) mass is 503 g/mol. The number of benzene rings is 3. The number of nitrogens with one attached hydrogen (secondary N) is 2. The van der Waals surface area contributed by atoms with Crippen molar-refractivity contribution in [2.75, 3.05) is 17.3 Å². The second kappa shape index (κ2) is 9.48. The topological polar surface area (TPSA) is 104 Å². The lowest BCUT2D eigenvalue weighted by Crippen LogP contribution is -2.26. The highest BCUT2D eigenvalue weighted by molar-refractivity contribution is 7.89. The van der Waals surface area contributed by atoms with E-state index in [0.29, 0.717) is 22.9 Å². The summed E-state index contributed by atoms with van der Waals surface area (Å²) < 4.78 is 40.8. The van der Waals surface area contributed by atoms with E-state index in [9.17, 15) is 17.6 Å². The number of anilines is 3. The molecule has 2 heterocycles. The van der Waals surface area contributed by atoms with Gasteiger partial charge < -0.3 is 10.2 Å². The molecule has 0 fully saturated rings. The second-order valence-electron chi connectivity index (χ2n) is 8.31. The van der Waals surface area contributed by atoms with Crippen molar-refractivity contribution in [3.05, 3.63) is 95.9 Å². The van der Waals surface area contributed by atoms with Gasteiger partial charge in [-0.1, -0.05) is 30.3 Å². The van der Waals surface area contributed by atoms with Crippen LogP contribution < -0.4 is 14.9 Å². The van der Waals surface area contributed by atoms with Gasteiger partial charge in [0.05, 0.1) is 22.7 Å². The van der Waals surface area contributed by atoms with E-state index >= 15 is 0 Å². The molecule has 182 valence electrons. The predicted octanol–water partition coefficient (Wildman–Crippen LogP) is 4.02.